The van der Waals surface area contributed by atoms with Crippen molar-refractivity contribution in [2.45, 2.75) is 66.5 Å². The summed E-state index contributed by atoms with van der Waals surface area (Å²) in [5, 5.41) is 3.18. The number of rotatable bonds is 7. The fraction of sp³-hybridized carbons (Fsp3) is 0.435. The maximum absolute atomic E-state index is 12.8. The molecule has 0 fully saturated rings. The highest BCUT2D eigenvalue weighted by molar-refractivity contribution is 5.81. The summed E-state index contributed by atoms with van der Waals surface area (Å²) >= 11 is 0. The summed E-state index contributed by atoms with van der Waals surface area (Å²) in [5.41, 5.74) is 6.00. The molecule has 0 heterocycles. The van der Waals surface area contributed by atoms with Gasteiger partial charge in [0.1, 0.15) is 5.75 Å². The van der Waals surface area contributed by atoms with Crippen LogP contribution in [-0.2, 0) is 4.79 Å². The molecule has 0 aliphatic rings. The van der Waals surface area contributed by atoms with Crippen LogP contribution in [0.5, 0.6) is 5.75 Å². The quantitative estimate of drug-likeness (QED) is 0.729. The van der Waals surface area contributed by atoms with Crippen molar-refractivity contribution in [3.05, 3.63) is 64.2 Å². The molecule has 26 heavy (non-hydrogen) atoms. The highest BCUT2D eigenvalue weighted by Gasteiger charge is 2.22. The van der Waals surface area contributed by atoms with Crippen LogP contribution in [0.2, 0.25) is 0 Å². The highest BCUT2D eigenvalue weighted by Crippen LogP contribution is 2.23. The summed E-state index contributed by atoms with van der Waals surface area (Å²) in [6, 6.07) is 12.3. The molecule has 0 unspecified atom stereocenters. The first-order chi connectivity index (χ1) is 12.3. The molecule has 0 aromatic heterocycles. The van der Waals surface area contributed by atoms with Crippen molar-refractivity contribution < 1.29 is 9.53 Å². The van der Waals surface area contributed by atoms with Gasteiger partial charge in [0.05, 0.1) is 6.04 Å². The average Bonchev–Trinajstić information content (AvgIpc) is 2.60. The molecular weight excluding hydrogens is 322 g/mol. The molecule has 0 aliphatic carbocycles. The van der Waals surface area contributed by atoms with Crippen LogP contribution in [-0.4, -0.2) is 12.0 Å². The summed E-state index contributed by atoms with van der Waals surface area (Å²) in [6.45, 7) is 12.4. The van der Waals surface area contributed by atoms with E-state index in [1.54, 1.807) is 0 Å². The number of benzene rings is 2. The lowest BCUT2D eigenvalue weighted by Gasteiger charge is -2.24. The summed E-state index contributed by atoms with van der Waals surface area (Å²) in [6.07, 6.45) is 0.981. The van der Waals surface area contributed by atoms with E-state index in [1.807, 2.05) is 25.1 Å². The topological polar surface area (TPSA) is 38.3 Å². The summed E-state index contributed by atoms with van der Waals surface area (Å²) in [4.78, 5) is 12.8. The van der Waals surface area contributed by atoms with Gasteiger partial charge in [-0.3, -0.25) is 4.79 Å². The second-order valence-electron chi connectivity index (χ2n) is 7.09. The number of hydrogen-bond acceptors (Lipinski definition) is 2. The molecule has 0 radical (unpaired) electrons. The molecule has 2 rings (SSSR count). The Morgan fingerprint density at radius 3 is 2.23 bits per heavy atom. The second-order valence-corrected chi connectivity index (χ2v) is 7.09. The minimum absolute atomic E-state index is 0.000467. The Morgan fingerprint density at radius 2 is 1.65 bits per heavy atom. The number of carbonyl (C=O) groups is 1. The second kappa shape index (κ2) is 8.88. The van der Waals surface area contributed by atoms with Crippen LogP contribution in [0.25, 0.3) is 0 Å². The van der Waals surface area contributed by atoms with E-state index in [9.17, 15) is 4.79 Å². The fourth-order valence-electron chi connectivity index (χ4n) is 3.15. The number of hydrogen-bond donors (Lipinski definition) is 1. The molecule has 2 aromatic carbocycles. The van der Waals surface area contributed by atoms with Gasteiger partial charge >= 0.3 is 0 Å². The van der Waals surface area contributed by atoms with Crippen molar-refractivity contribution in [1.82, 2.24) is 5.32 Å². The van der Waals surface area contributed by atoms with E-state index in [1.165, 1.54) is 27.8 Å². The Balaban J connectivity index is 2.12. The standard InChI is InChI=1S/C23H31NO2/c1-7-21(20-12-9-15(3)13-18(20)6)24-23(25)22(8-2)26-19-11-10-16(4)17(5)14-19/h9-14,21-22H,7-8H2,1-6H3,(H,24,25)/t21-,22-/m0/s1. The zero-order valence-corrected chi connectivity index (χ0v) is 16.8. The average molecular weight is 354 g/mol. The smallest absolute Gasteiger partial charge is 0.261 e. The first-order valence-electron chi connectivity index (χ1n) is 9.47. The van der Waals surface area contributed by atoms with Gasteiger partial charge in [0.2, 0.25) is 0 Å². The maximum Gasteiger partial charge on any atom is 0.261 e. The van der Waals surface area contributed by atoms with Gasteiger partial charge in [-0.2, -0.15) is 0 Å². The van der Waals surface area contributed by atoms with E-state index in [0.717, 1.165) is 12.2 Å². The molecule has 140 valence electrons. The van der Waals surface area contributed by atoms with Crippen molar-refractivity contribution in [2.24, 2.45) is 0 Å². The minimum Gasteiger partial charge on any atom is -0.481 e. The van der Waals surface area contributed by atoms with Gasteiger partial charge in [0.25, 0.3) is 5.91 Å². The van der Waals surface area contributed by atoms with Crippen molar-refractivity contribution in [1.29, 1.82) is 0 Å². The Hall–Kier alpha value is -2.29. The van der Waals surface area contributed by atoms with Crippen LogP contribution >= 0.6 is 0 Å². The van der Waals surface area contributed by atoms with E-state index in [-0.39, 0.29) is 11.9 Å². The molecule has 0 bridgehead atoms. The molecule has 0 aliphatic heterocycles. The van der Waals surface area contributed by atoms with Crippen LogP contribution in [0, 0.1) is 27.7 Å². The molecule has 2 aromatic rings. The largest absolute Gasteiger partial charge is 0.481 e. The molecule has 0 spiro atoms. The Labute approximate surface area is 157 Å². The van der Waals surface area contributed by atoms with Crippen molar-refractivity contribution >= 4 is 5.91 Å². The summed E-state index contributed by atoms with van der Waals surface area (Å²) in [5.74, 6) is 0.687. The van der Waals surface area contributed by atoms with Crippen LogP contribution in [0.4, 0.5) is 0 Å². The van der Waals surface area contributed by atoms with Crippen molar-refractivity contribution in [3.8, 4) is 5.75 Å². The summed E-state index contributed by atoms with van der Waals surface area (Å²) in [7, 11) is 0. The highest BCUT2D eigenvalue weighted by atomic mass is 16.5. The van der Waals surface area contributed by atoms with Gasteiger partial charge in [0, 0.05) is 0 Å². The van der Waals surface area contributed by atoms with Crippen molar-refractivity contribution in [2.75, 3.05) is 0 Å². The Bertz CT molecular complexity index is 767. The van der Waals surface area contributed by atoms with Crippen LogP contribution in [0.15, 0.2) is 36.4 Å². The van der Waals surface area contributed by atoms with E-state index in [2.05, 4.69) is 58.1 Å². The zero-order valence-electron chi connectivity index (χ0n) is 16.8. The van der Waals surface area contributed by atoms with E-state index in [0.29, 0.717) is 6.42 Å². The Kier molecular flexibility index (Phi) is 6.84. The Morgan fingerprint density at radius 1 is 0.923 bits per heavy atom. The van der Waals surface area contributed by atoms with Crippen LogP contribution < -0.4 is 10.1 Å². The SMILES string of the molecule is CC[C@H](Oc1ccc(C)c(C)c1)C(=O)N[C@@H](CC)c1ccc(C)cc1C. The summed E-state index contributed by atoms with van der Waals surface area (Å²) < 4.78 is 5.98. The lowest BCUT2D eigenvalue weighted by Crippen LogP contribution is -2.40. The van der Waals surface area contributed by atoms with Gasteiger partial charge in [-0.15, -0.1) is 0 Å². The monoisotopic (exact) mass is 353 g/mol. The first kappa shape index (κ1) is 20.0. The van der Waals surface area contributed by atoms with Crippen LogP contribution in [0.3, 0.4) is 0 Å². The van der Waals surface area contributed by atoms with Gasteiger partial charge in [-0.1, -0.05) is 43.7 Å². The number of amides is 1. The first-order valence-corrected chi connectivity index (χ1v) is 9.47. The molecule has 3 nitrogen and oxygen atoms in total. The molecule has 0 saturated heterocycles. The predicted molar refractivity (Wildman–Crippen MR) is 108 cm³/mol. The minimum atomic E-state index is -0.489. The maximum atomic E-state index is 12.8. The molecule has 0 saturated carbocycles. The number of aryl methyl sites for hydroxylation is 4. The third-order valence-electron chi connectivity index (χ3n) is 4.95. The third kappa shape index (κ3) is 4.87. The molecule has 1 N–H and O–H groups in total. The van der Waals surface area contributed by atoms with Crippen LogP contribution in [0.1, 0.15) is 60.5 Å². The molecule has 3 heteroatoms. The normalized spacial score (nSPS) is 13.2. The number of nitrogens with one attached hydrogen (secondary N) is 1. The zero-order chi connectivity index (χ0) is 19.3. The number of carbonyl (C=O) groups excluding carboxylic acids is 1. The lowest BCUT2D eigenvalue weighted by atomic mass is 9.97. The number of ether oxygens (including phenoxy) is 1. The lowest BCUT2D eigenvalue weighted by molar-refractivity contribution is -0.128. The van der Waals surface area contributed by atoms with Gasteiger partial charge in [-0.25, -0.2) is 0 Å². The van der Waals surface area contributed by atoms with E-state index >= 15 is 0 Å². The predicted octanol–water partition coefficient (Wildman–Crippen LogP) is 5.35. The fourth-order valence-corrected chi connectivity index (χ4v) is 3.15. The molecule has 1 amide bonds. The molecule has 2 atom stereocenters. The van der Waals surface area contributed by atoms with Gasteiger partial charge in [-0.05, 0) is 74.9 Å². The molecular formula is C23H31NO2. The van der Waals surface area contributed by atoms with E-state index < -0.39 is 6.10 Å². The van der Waals surface area contributed by atoms with Crippen molar-refractivity contribution in [3.63, 3.8) is 0 Å². The van der Waals surface area contributed by atoms with E-state index in [4.69, 9.17) is 4.74 Å². The van der Waals surface area contributed by atoms with Gasteiger partial charge < -0.3 is 10.1 Å². The van der Waals surface area contributed by atoms with Gasteiger partial charge in [0.15, 0.2) is 6.10 Å². The third-order valence-corrected chi connectivity index (χ3v) is 4.95.